The number of rotatable bonds is 16. The fourth-order valence-electron chi connectivity index (χ4n) is 2.67. The van der Waals surface area contributed by atoms with Crippen LogP contribution in [0, 0.1) is 0 Å². The average Bonchev–Trinajstić information content (AvgIpc) is 2.44. The third kappa shape index (κ3) is 22.9. The van der Waals surface area contributed by atoms with E-state index in [2.05, 4.69) is 6.92 Å². The summed E-state index contributed by atoms with van der Waals surface area (Å²) in [6, 6.07) is 0. The molecule has 6 heteroatoms. The SMILES string of the molecule is CCCCCCCCCCC(O)CCCCCCS(=O)(=O)[O-].[Na+]. The van der Waals surface area contributed by atoms with Crippen LogP contribution < -0.4 is 29.6 Å². The van der Waals surface area contributed by atoms with Crippen molar-refractivity contribution in [2.45, 2.75) is 103 Å². The second-order valence-corrected chi connectivity index (χ2v) is 7.91. The first-order valence-corrected chi connectivity index (χ1v) is 10.6. The summed E-state index contributed by atoms with van der Waals surface area (Å²) in [7, 11) is -4.05. The van der Waals surface area contributed by atoms with E-state index in [1.807, 2.05) is 0 Å². The van der Waals surface area contributed by atoms with Gasteiger partial charge in [-0.15, -0.1) is 0 Å². The van der Waals surface area contributed by atoms with E-state index in [-0.39, 0.29) is 41.4 Å². The van der Waals surface area contributed by atoms with E-state index >= 15 is 0 Å². The maximum atomic E-state index is 10.4. The second kappa shape index (κ2) is 17.7. The molecular formula is C17H35NaO4S. The largest absolute Gasteiger partial charge is 1.00 e. The summed E-state index contributed by atoms with van der Waals surface area (Å²) in [5.74, 6) is -0.256. The monoisotopic (exact) mass is 358 g/mol. The molecule has 0 aliphatic rings. The summed E-state index contributed by atoms with van der Waals surface area (Å²) in [5.41, 5.74) is 0. The van der Waals surface area contributed by atoms with Gasteiger partial charge in [-0.1, -0.05) is 77.6 Å². The molecule has 0 aliphatic heterocycles. The van der Waals surface area contributed by atoms with Crippen LogP contribution in [0.2, 0.25) is 0 Å². The fourth-order valence-corrected chi connectivity index (χ4v) is 3.23. The molecule has 0 amide bonds. The minimum absolute atomic E-state index is 0. The van der Waals surface area contributed by atoms with Gasteiger partial charge in [0, 0.05) is 5.75 Å². The Bertz CT molecular complexity index is 333. The zero-order valence-electron chi connectivity index (χ0n) is 15.3. The van der Waals surface area contributed by atoms with E-state index in [1.54, 1.807) is 0 Å². The fraction of sp³-hybridized carbons (Fsp3) is 1.00. The molecule has 0 radical (unpaired) electrons. The summed E-state index contributed by atoms with van der Waals surface area (Å²) >= 11 is 0. The van der Waals surface area contributed by atoms with Crippen molar-refractivity contribution in [3.8, 4) is 0 Å². The van der Waals surface area contributed by atoms with E-state index in [0.717, 1.165) is 38.5 Å². The first-order valence-electron chi connectivity index (χ1n) is 9.07. The van der Waals surface area contributed by atoms with Crippen molar-refractivity contribution < 1.29 is 47.6 Å². The van der Waals surface area contributed by atoms with E-state index in [0.29, 0.717) is 6.42 Å². The van der Waals surface area contributed by atoms with Gasteiger partial charge in [0.15, 0.2) is 0 Å². The molecule has 0 bridgehead atoms. The smallest absolute Gasteiger partial charge is 0.748 e. The van der Waals surface area contributed by atoms with Crippen LogP contribution >= 0.6 is 0 Å². The first-order chi connectivity index (χ1) is 10.5. The topological polar surface area (TPSA) is 77.4 Å². The molecule has 1 N–H and O–H groups in total. The Hall–Kier alpha value is 0.870. The van der Waals surface area contributed by atoms with Gasteiger partial charge in [0.2, 0.25) is 0 Å². The van der Waals surface area contributed by atoms with Crippen molar-refractivity contribution >= 4 is 10.1 Å². The van der Waals surface area contributed by atoms with E-state index in [1.165, 1.54) is 44.9 Å². The maximum Gasteiger partial charge on any atom is 1.00 e. The number of aliphatic hydroxyl groups excluding tert-OH is 1. The Morgan fingerprint density at radius 2 is 1.17 bits per heavy atom. The molecule has 0 saturated carbocycles. The molecular weight excluding hydrogens is 323 g/mol. The normalized spacial score (nSPS) is 12.8. The van der Waals surface area contributed by atoms with Crippen molar-refractivity contribution in [1.29, 1.82) is 0 Å². The van der Waals surface area contributed by atoms with E-state index in [4.69, 9.17) is 0 Å². The Morgan fingerprint density at radius 3 is 1.61 bits per heavy atom. The third-order valence-corrected chi connectivity index (χ3v) is 4.86. The van der Waals surface area contributed by atoms with Crippen molar-refractivity contribution in [2.75, 3.05) is 5.75 Å². The Kier molecular flexibility index (Phi) is 20.1. The van der Waals surface area contributed by atoms with Crippen LogP contribution in [0.25, 0.3) is 0 Å². The van der Waals surface area contributed by atoms with Gasteiger partial charge in [-0.05, 0) is 19.3 Å². The van der Waals surface area contributed by atoms with Crippen LogP contribution in [-0.2, 0) is 10.1 Å². The molecule has 134 valence electrons. The molecule has 0 aromatic carbocycles. The zero-order valence-corrected chi connectivity index (χ0v) is 18.1. The van der Waals surface area contributed by atoms with Gasteiger partial charge in [-0.2, -0.15) is 0 Å². The third-order valence-electron chi connectivity index (χ3n) is 4.07. The molecule has 0 fully saturated rings. The van der Waals surface area contributed by atoms with Crippen LogP contribution in [0.4, 0.5) is 0 Å². The summed E-state index contributed by atoms with van der Waals surface area (Å²) in [5, 5.41) is 9.86. The minimum atomic E-state index is -4.05. The first kappa shape index (κ1) is 26.1. The molecule has 1 unspecified atom stereocenters. The van der Waals surface area contributed by atoms with Gasteiger partial charge in [0.1, 0.15) is 0 Å². The van der Waals surface area contributed by atoms with Crippen molar-refractivity contribution in [3.05, 3.63) is 0 Å². The Balaban J connectivity index is 0. The number of hydrogen-bond acceptors (Lipinski definition) is 4. The summed E-state index contributed by atoms with van der Waals surface area (Å²) in [4.78, 5) is 0. The molecule has 0 rings (SSSR count). The number of hydrogen-bond donors (Lipinski definition) is 1. The minimum Gasteiger partial charge on any atom is -0.748 e. The maximum absolute atomic E-state index is 10.4. The predicted molar refractivity (Wildman–Crippen MR) is 90.9 cm³/mol. The van der Waals surface area contributed by atoms with Gasteiger partial charge in [-0.25, -0.2) is 8.42 Å². The average molecular weight is 359 g/mol. The molecule has 23 heavy (non-hydrogen) atoms. The summed E-state index contributed by atoms with van der Waals surface area (Å²) in [6.07, 6.45) is 14.7. The van der Waals surface area contributed by atoms with Gasteiger partial charge >= 0.3 is 29.6 Å². The molecule has 0 aromatic rings. The van der Waals surface area contributed by atoms with Crippen LogP contribution in [-0.4, -0.2) is 29.9 Å². The molecule has 0 heterocycles. The molecule has 4 nitrogen and oxygen atoms in total. The van der Waals surface area contributed by atoms with Gasteiger partial charge in [0.05, 0.1) is 16.2 Å². The molecule has 0 saturated heterocycles. The van der Waals surface area contributed by atoms with Crippen molar-refractivity contribution in [3.63, 3.8) is 0 Å². The molecule has 0 aromatic heterocycles. The second-order valence-electron chi connectivity index (χ2n) is 6.38. The van der Waals surface area contributed by atoms with Crippen LogP contribution in [0.15, 0.2) is 0 Å². The van der Waals surface area contributed by atoms with Crippen molar-refractivity contribution in [2.24, 2.45) is 0 Å². The zero-order chi connectivity index (χ0) is 16.7. The van der Waals surface area contributed by atoms with Gasteiger partial charge in [-0.3, -0.25) is 0 Å². The molecule has 0 aliphatic carbocycles. The summed E-state index contributed by atoms with van der Waals surface area (Å²) < 4.78 is 31.3. The standard InChI is InChI=1S/C17H36O4S.Na/c1-2-3-4-5-6-7-8-11-14-17(18)15-12-9-10-13-16-22(19,20)21;/h17-18H,2-16H2,1H3,(H,19,20,21);/q;+1/p-1. The Labute approximate surface area is 165 Å². The number of aliphatic hydroxyl groups is 1. The predicted octanol–water partition coefficient (Wildman–Crippen LogP) is 1.38. The van der Waals surface area contributed by atoms with Gasteiger partial charge < -0.3 is 9.66 Å². The van der Waals surface area contributed by atoms with Crippen LogP contribution in [0.3, 0.4) is 0 Å². The molecule has 1 atom stereocenters. The summed E-state index contributed by atoms with van der Waals surface area (Å²) in [6.45, 7) is 2.23. The molecule has 0 spiro atoms. The van der Waals surface area contributed by atoms with Gasteiger partial charge in [0.25, 0.3) is 0 Å². The van der Waals surface area contributed by atoms with Crippen LogP contribution in [0.5, 0.6) is 0 Å². The van der Waals surface area contributed by atoms with E-state index < -0.39 is 10.1 Å². The van der Waals surface area contributed by atoms with Crippen LogP contribution in [0.1, 0.15) is 96.8 Å². The quantitative estimate of drug-likeness (QED) is 0.257. The number of unbranched alkanes of at least 4 members (excludes halogenated alkanes) is 10. The van der Waals surface area contributed by atoms with E-state index in [9.17, 15) is 18.1 Å². The van der Waals surface area contributed by atoms with Crippen molar-refractivity contribution in [1.82, 2.24) is 0 Å². The Morgan fingerprint density at radius 1 is 0.783 bits per heavy atom.